The van der Waals surface area contributed by atoms with Crippen molar-refractivity contribution in [3.05, 3.63) is 30.1 Å². The fourth-order valence-corrected chi connectivity index (χ4v) is 4.62. The Morgan fingerprint density at radius 1 is 1.19 bits per heavy atom. The standard InChI is InChI=1S/C23H37N3O/c1-23(2,3)22(27)25-21(20-13-7-8-14-24-20)19-12-9-15-26(17-19)16-18-10-5-4-6-11-18/h7-8,13-14,18-19,21H,4-6,9-12,15-17H2,1-3H3,(H,25,27)/t19-,21+/m1/s1. The summed E-state index contributed by atoms with van der Waals surface area (Å²) in [4.78, 5) is 20.0. The van der Waals surface area contributed by atoms with Crippen LogP contribution in [0.2, 0.25) is 0 Å². The summed E-state index contributed by atoms with van der Waals surface area (Å²) >= 11 is 0. The first kappa shape index (κ1) is 20.3. The zero-order valence-electron chi connectivity index (χ0n) is 17.4. The van der Waals surface area contributed by atoms with Gasteiger partial charge in [-0.3, -0.25) is 9.78 Å². The van der Waals surface area contributed by atoms with Crippen LogP contribution in [0.3, 0.4) is 0 Å². The summed E-state index contributed by atoms with van der Waals surface area (Å²) in [5.74, 6) is 1.42. The van der Waals surface area contributed by atoms with Crippen LogP contribution in [0, 0.1) is 17.3 Å². The minimum absolute atomic E-state index is 0.00656. The molecular weight excluding hydrogens is 334 g/mol. The largest absolute Gasteiger partial charge is 0.347 e. The monoisotopic (exact) mass is 371 g/mol. The van der Waals surface area contributed by atoms with E-state index in [2.05, 4.69) is 21.3 Å². The van der Waals surface area contributed by atoms with Crippen molar-refractivity contribution in [3.63, 3.8) is 0 Å². The highest BCUT2D eigenvalue weighted by atomic mass is 16.2. The lowest BCUT2D eigenvalue weighted by Gasteiger charge is -2.39. The molecule has 2 heterocycles. The van der Waals surface area contributed by atoms with E-state index >= 15 is 0 Å². The number of nitrogens with one attached hydrogen (secondary N) is 1. The van der Waals surface area contributed by atoms with Gasteiger partial charge in [0, 0.05) is 24.7 Å². The Labute approximate surface area is 165 Å². The molecule has 3 rings (SSSR count). The Hall–Kier alpha value is -1.42. The number of aromatic nitrogens is 1. The molecule has 2 atom stereocenters. The van der Waals surface area contributed by atoms with Crippen LogP contribution in [0.1, 0.15) is 77.5 Å². The Morgan fingerprint density at radius 3 is 2.63 bits per heavy atom. The fraction of sp³-hybridized carbons (Fsp3) is 0.739. The van der Waals surface area contributed by atoms with Crippen molar-refractivity contribution in [1.29, 1.82) is 0 Å². The van der Waals surface area contributed by atoms with E-state index in [4.69, 9.17) is 0 Å². The van der Waals surface area contributed by atoms with E-state index in [1.54, 1.807) is 0 Å². The second-order valence-corrected chi connectivity index (χ2v) is 9.62. The number of likely N-dealkylation sites (tertiary alicyclic amines) is 1. The number of nitrogens with zero attached hydrogens (tertiary/aromatic N) is 2. The third kappa shape index (κ3) is 5.78. The molecule has 0 unspecified atom stereocenters. The summed E-state index contributed by atoms with van der Waals surface area (Å²) in [7, 11) is 0. The fourth-order valence-electron chi connectivity index (χ4n) is 4.62. The molecule has 4 nitrogen and oxygen atoms in total. The van der Waals surface area contributed by atoms with Gasteiger partial charge in [0.2, 0.25) is 5.91 Å². The van der Waals surface area contributed by atoms with Crippen molar-refractivity contribution >= 4 is 5.91 Å². The molecule has 1 aromatic heterocycles. The first-order valence-electron chi connectivity index (χ1n) is 10.9. The number of amides is 1. The predicted octanol–water partition coefficient (Wildman–Crippen LogP) is 4.58. The summed E-state index contributed by atoms with van der Waals surface area (Å²) in [5, 5.41) is 3.34. The highest BCUT2D eigenvalue weighted by molar-refractivity contribution is 5.81. The van der Waals surface area contributed by atoms with Crippen molar-refractivity contribution in [2.75, 3.05) is 19.6 Å². The van der Waals surface area contributed by atoms with Gasteiger partial charge in [-0.25, -0.2) is 0 Å². The van der Waals surface area contributed by atoms with E-state index in [1.165, 1.54) is 51.6 Å². The summed E-state index contributed by atoms with van der Waals surface area (Å²) in [6.07, 6.45) is 11.2. The average molecular weight is 372 g/mol. The quantitative estimate of drug-likeness (QED) is 0.824. The van der Waals surface area contributed by atoms with Crippen molar-refractivity contribution in [2.24, 2.45) is 17.3 Å². The number of piperidine rings is 1. The molecule has 2 aliphatic rings. The number of pyridine rings is 1. The number of carbonyl (C=O) groups excluding carboxylic acids is 1. The van der Waals surface area contributed by atoms with E-state index < -0.39 is 0 Å². The van der Waals surface area contributed by atoms with Gasteiger partial charge in [0.05, 0.1) is 11.7 Å². The van der Waals surface area contributed by atoms with Crippen LogP contribution in [-0.4, -0.2) is 35.4 Å². The van der Waals surface area contributed by atoms with Gasteiger partial charge < -0.3 is 10.2 Å². The van der Waals surface area contributed by atoms with E-state index in [-0.39, 0.29) is 17.4 Å². The number of rotatable bonds is 5. The van der Waals surface area contributed by atoms with Gasteiger partial charge in [-0.1, -0.05) is 46.1 Å². The second-order valence-electron chi connectivity index (χ2n) is 9.62. The Bertz CT molecular complexity index is 589. The number of hydrogen-bond donors (Lipinski definition) is 1. The van der Waals surface area contributed by atoms with Crippen LogP contribution in [0.5, 0.6) is 0 Å². The highest BCUT2D eigenvalue weighted by Crippen LogP contribution is 2.32. The molecule has 1 N–H and O–H groups in total. The first-order chi connectivity index (χ1) is 12.9. The summed E-state index contributed by atoms with van der Waals surface area (Å²) in [6, 6.07) is 6.05. The molecule has 2 fully saturated rings. The first-order valence-corrected chi connectivity index (χ1v) is 10.9. The van der Waals surface area contributed by atoms with Crippen LogP contribution < -0.4 is 5.32 Å². The lowest BCUT2D eigenvalue weighted by Crippen LogP contribution is -2.46. The lowest BCUT2D eigenvalue weighted by atomic mass is 9.85. The van der Waals surface area contributed by atoms with Gasteiger partial charge in [0.1, 0.15) is 0 Å². The molecule has 1 aromatic rings. The SMILES string of the molecule is CC(C)(C)C(=O)N[C@H](c1ccccn1)[C@@H]1CCCN(CC2CCCCC2)C1. The Morgan fingerprint density at radius 2 is 1.96 bits per heavy atom. The van der Waals surface area contributed by atoms with Crippen molar-refractivity contribution < 1.29 is 4.79 Å². The zero-order valence-corrected chi connectivity index (χ0v) is 17.4. The maximum atomic E-state index is 12.7. The van der Waals surface area contributed by atoms with Gasteiger partial charge >= 0.3 is 0 Å². The van der Waals surface area contributed by atoms with Crippen LogP contribution in [0.15, 0.2) is 24.4 Å². The third-order valence-electron chi connectivity index (χ3n) is 6.23. The van der Waals surface area contributed by atoms with Gasteiger partial charge in [0.15, 0.2) is 0 Å². The summed E-state index contributed by atoms with van der Waals surface area (Å²) < 4.78 is 0. The van der Waals surface area contributed by atoms with Crippen molar-refractivity contribution in [2.45, 2.75) is 71.8 Å². The molecule has 27 heavy (non-hydrogen) atoms. The molecule has 1 saturated carbocycles. The van der Waals surface area contributed by atoms with Crippen molar-refractivity contribution in [3.8, 4) is 0 Å². The summed E-state index contributed by atoms with van der Waals surface area (Å²) in [6.45, 7) is 9.45. The van der Waals surface area contributed by atoms with E-state index in [0.717, 1.165) is 24.6 Å². The Balaban J connectivity index is 1.69. The van der Waals surface area contributed by atoms with Crippen LogP contribution >= 0.6 is 0 Å². The minimum Gasteiger partial charge on any atom is -0.347 e. The maximum Gasteiger partial charge on any atom is 0.225 e. The second kappa shape index (κ2) is 9.18. The molecule has 0 aromatic carbocycles. The molecule has 1 saturated heterocycles. The molecule has 4 heteroatoms. The number of hydrogen-bond acceptors (Lipinski definition) is 3. The van der Waals surface area contributed by atoms with Gasteiger partial charge in [-0.05, 0) is 56.2 Å². The van der Waals surface area contributed by atoms with Crippen LogP contribution in [-0.2, 0) is 4.79 Å². The zero-order chi connectivity index (χ0) is 19.3. The van der Waals surface area contributed by atoms with Crippen molar-refractivity contribution in [1.82, 2.24) is 15.2 Å². The van der Waals surface area contributed by atoms with E-state index in [1.807, 2.05) is 39.1 Å². The minimum atomic E-state index is -0.385. The van der Waals surface area contributed by atoms with Crippen LogP contribution in [0.25, 0.3) is 0 Å². The molecule has 0 spiro atoms. The molecule has 1 aliphatic carbocycles. The molecule has 1 amide bonds. The maximum absolute atomic E-state index is 12.7. The molecule has 0 radical (unpaired) electrons. The van der Waals surface area contributed by atoms with Gasteiger partial charge in [-0.15, -0.1) is 0 Å². The topological polar surface area (TPSA) is 45.2 Å². The molecule has 150 valence electrons. The van der Waals surface area contributed by atoms with Gasteiger partial charge in [0.25, 0.3) is 0 Å². The third-order valence-corrected chi connectivity index (χ3v) is 6.23. The molecular formula is C23H37N3O. The average Bonchev–Trinajstić information content (AvgIpc) is 2.67. The Kier molecular flexibility index (Phi) is 6.91. The predicted molar refractivity (Wildman–Crippen MR) is 110 cm³/mol. The lowest BCUT2D eigenvalue weighted by molar-refractivity contribution is -0.130. The highest BCUT2D eigenvalue weighted by Gasteiger charge is 2.33. The van der Waals surface area contributed by atoms with E-state index in [9.17, 15) is 4.79 Å². The summed E-state index contributed by atoms with van der Waals surface area (Å²) in [5.41, 5.74) is 0.614. The van der Waals surface area contributed by atoms with Gasteiger partial charge in [-0.2, -0.15) is 0 Å². The molecule has 1 aliphatic heterocycles. The smallest absolute Gasteiger partial charge is 0.225 e. The number of carbonyl (C=O) groups is 1. The van der Waals surface area contributed by atoms with Crippen LogP contribution in [0.4, 0.5) is 0 Å². The van der Waals surface area contributed by atoms with E-state index in [0.29, 0.717) is 5.92 Å². The normalized spacial score (nSPS) is 23.7. The molecule has 0 bridgehead atoms.